The van der Waals surface area contributed by atoms with Crippen molar-refractivity contribution < 1.29 is 5.11 Å². The van der Waals surface area contributed by atoms with Crippen LogP contribution in [0.5, 0.6) is 0 Å². The molecule has 0 spiro atoms. The molecule has 2 heterocycles. The summed E-state index contributed by atoms with van der Waals surface area (Å²) >= 11 is 0. The number of anilines is 2. The van der Waals surface area contributed by atoms with Crippen molar-refractivity contribution in [3.05, 3.63) is 6.20 Å². The Bertz CT molecular complexity index is 564. The molecule has 0 bridgehead atoms. The quantitative estimate of drug-likeness (QED) is 0.736. The number of aromatic amines is 1. The largest absolute Gasteiger partial charge is 0.395 e. The average molecular weight is 262 g/mol. The number of nitrogens with one attached hydrogen (secondary N) is 2. The van der Waals surface area contributed by atoms with Gasteiger partial charge in [0, 0.05) is 19.6 Å². The minimum atomic E-state index is 0.120. The van der Waals surface area contributed by atoms with Crippen LogP contribution >= 0.6 is 0 Å². The Kier molecular flexibility index (Phi) is 3.20. The zero-order valence-corrected chi connectivity index (χ0v) is 10.9. The third-order valence-corrected chi connectivity index (χ3v) is 3.64. The highest BCUT2D eigenvalue weighted by atomic mass is 16.3. The molecule has 3 rings (SSSR count). The zero-order chi connectivity index (χ0) is 13.2. The summed E-state index contributed by atoms with van der Waals surface area (Å²) in [5.41, 5.74) is 0.719. The van der Waals surface area contributed by atoms with Crippen molar-refractivity contribution in [2.24, 2.45) is 0 Å². The van der Waals surface area contributed by atoms with E-state index in [2.05, 4.69) is 30.4 Å². The molecule has 1 aliphatic rings. The number of nitrogens with zero attached hydrogens (tertiary/aromatic N) is 4. The number of aromatic nitrogens is 4. The lowest BCUT2D eigenvalue weighted by Crippen LogP contribution is -2.42. The van der Waals surface area contributed by atoms with E-state index in [0.717, 1.165) is 29.7 Å². The standard InChI is InChI=1S/C12H18N6O/c1-13-12-15-10-9(7-14-17-10)11(16-12)18(5-6-19)8-3-2-4-8/h7-8,19H,2-6H2,1H3,(H2,13,14,15,16,17). The summed E-state index contributed by atoms with van der Waals surface area (Å²) in [6, 6.07) is 0.463. The summed E-state index contributed by atoms with van der Waals surface area (Å²) in [7, 11) is 1.79. The van der Waals surface area contributed by atoms with Crippen molar-refractivity contribution in [3.8, 4) is 0 Å². The van der Waals surface area contributed by atoms with Crippen LogP contribution in [0, 0.1) is 0 Å². The molecule has 0 saturated heterocycles. The summed E-state index contributed by atoms with van der Waals surface area (Å²) in [4.78, 5) is 11.0. The summed E-state index contributed by atoms with van der Waals surface area (Å²) in [6.45, 7) is 0.708. The molecule has 7 nitrogen and oxygen atoms in total. The number of H-pyrrole nitrogens is 1. The molecule has 19 heavy (non-hydrogen) atoms. The molecule has 7 heteroatoms. The van der Waals surface area contributed by atoms with Crippen LogP contribution in [0.25, 0.3) is 11.0 Å². The monoisotopic (exact) mass is 262 g/mol. The van der Waals surface area contributed by atoms with Crippen LogP contribution in [-0.2, 0) is 0 Å². The van der Waals surface area contributed by atoms with E-state index in [9.17, 15) is 5.11 Å². The van der Waals surface area contributed by atoms with Gasteiger partial charge in [-0.05, 0) is 19.3 Å². The zero-order valence-electron chi connectivity index (χ0n) is 10.9. The number of fused-ring (bicyclic) bond motifs is 1. The second-order valence-corrected chi connectivity index (χ2v) is 4.75. The van der Waals surface area contributed by atoms with Gasteiger partial charge in [-0.2, -0.15) is 15.1 Å². The van der Waals surface area contributed by atoms with Crippen molar-refractivity contribution in [3.63, 3.8) is 0 Å². The second-order valence-electron chi connectivity index (χ2n) is 4.75. The molecule has 0 aromatic carbocycles. The fourth-order valence-corrected chi connectivity index (χ4v) is 2.42. The van der Waals surface area contributed by atoms with E-state index in [4.69, 9.17) is 0 Å². The van der Waals surface area contributed by atoms with E-state index in [1.54, 1.807) is 13.2 Å². The Hall–Kier alpha value is -1.89. The molecule has 1 fully saturated rings. The van der Waals surface area contributed by atoms with E-state index in [0.29, 0.717) is 18.5 Å². The lowest BCUT2D eigenvalue weighted by molar-refractivity contribution is 0.283. The van der Waals surface area contributed by atoms with E-state index < -0.39 is 0 Å². The van der Waals surface area contributed by atoms with Gasteiger partial charge < -0.3 is 15.3 Å². The topological polar surface area (TPSA) is 90.0 Å². The first-order chi connectivity index (χ1) is 9.33. The molecule has 0 radical (unpaired) electrons. The number of aliphatic hydroxyl groups is 1. The number of hydrogen-bond donors (Lipinski definition) is 3. The highest BCUT2D eigenvalue weighted by Gasteiger charge is 2.27. The SMILES string of the molecule is CNc1nc(N(CCO)C2CCC2)c2cn[nH]c2n1. The number of aliphatic hydroxyl groups excluding tert-OH is 1. The molecule has 0 atom stereocenters. The lowest BCUT2D eigenvalue weighted by Gasteiger charge is -2.38. The highest BCUT2D eigenvalue weighted by Crippen LogP contribution is 2.32. The van der Waals surface area contributed by atoms with E-state index in [-0.39, 0.29) is 6.61 Å². The van der Waals surface area contributed by atoms with Gasteiger partial charge in [0.15, 0.2) is 5.65 Å². The Balaban J connectivity index is 2.06. The predicted octanol–water partition coefficient (Wildman–Crippen LogP) is 0.746. The maximum absolute atomic E-state index is 9.29. The van der Waals surface area contributed by atoms with Gasteiger partial charge in [0.1, 0.15) is 5.82 Å². The summed E-state index contributed by atoms with van der Waals surface area (Å²) in [5.74, 6) is 1.41. The summed E-state index contributed by atoms with van der Waals surface area (Å²) in [6.07, 6.45) is 5.29. The van der Waals surface area contributed by atoms with Crippen molar-refractivity contribution in [1.29, 1.82) is 0 Å². The second kappa shape index (κ2) is 5.00. The van der Waals surface area contributed by atoms with Gasteiger partial charge in [0.05, 0.1) is 18.2 Å². The third kappa shape index (κ3) is 2.10. The lowest BCUT2D eigenvalue weighted by atomic mass is 9.91. The van der Waals surface area contributed by atoms with Crippen LogP contribution in [0.1, 0.15) is 19.3 Å². The van der Waals surface area contributed by atoms with Crippen LogP contribution in [0.3, 0.4) is 0 Å². The minimum absolute atomic E-state index is 0.120. The first-order valence-electron chi connectivity index (χ1n) is 6.60. The molecule has 1 aliphatic carbocycles. The molecular weight excluding hydrogens is 244 g/mol. The Morgan fingerprint density at radius 2 is 2.32 bits per heavy atom. The molecule has 0 unspecified atom stereocenters. The van der Waals surface area contributed by atoms with Gasteiger partial charge in [-0.15, -0.1) is 0 Å². The van der Waals surface area contributed by atoms with Crippen molar-refractivity contribution >= 4 is 22.8 Å². The van der Waals surface area contributed by atoms with E-state index in [1.807, 2.05) is 0 Å². The Morgan fingerprint density at radius 3 is 2.95 bits per heavy atom. The van der Waals surface area contributed by atoms with Crippen LogP contribution in [0.15, 0.2) is 6.20 Å². The molecule has 102 valence electrons. The van der Waals surface area contributed by atoms with E-state index in [1.165, 1.54) is 6.42 Å². The molecule has 0 aliphatic heterocycles. The molecule has 2 aromatic rings. The smallest absolute Gasteiger partial charge is 0.226 e. The normalized spacial score (nSPS) is 15.5. The van der Waals surface area contributed by atoms with Gasteiger partial charge >= 0.3 is 0 Å². The Morgan fingerprint density at radius 1 is 1.47 bits per heavy atom. The van der Waals surface area contributed by atoms with Crippen LogP contribution in [0.2, 0.25) is 0 Å². The summed E-state index contributed by atoms with van der Waals surface area (Å²) < 4.78 is 0. The van der Waals surface area contributed by atoms with Crippen LogP contribution < -0.4 is 10.2 Å². The van der Waals surface area contributed by atoms with Gasteiger partial charge in [0.25, 0.3) is 0 Å². The predicted molar refractivity (Wildman–Crippen MR) is 73.3 cm³/mol. The van der Waals surface area contributed by atoms with E-state index >= 15 is 0 Å². The van der Waals surface area contributed by atoms with Gasteiger partial charge in [-0.25, -0.2) is 0 Å². The molecule has 3 N–H and O–H groups in total. The average Bonchev–Trinajstić information content (AvgIpc) is 2.83. The number of rotatable bonds is 5. The molecule has 1 saturated carbocycles. The minimum Gasteiger partial charge on any atom is -0.395 e. The molecule has 0 amide bonds. The molecule has 2 aromatic heterocycles. The van der Waals surface area contributed by atoms with Crippen LogP contribution in [-0.4, -0.2) is 51.5 Å². The first kappa shape index (κ1) is 12.2. The highest BCUT2D eigenvalue weighted by molar-refractivity contribution is 5.87. The molecular formula is C12H18N6O. The van der Waals surface area contributed by atoms with Crippen molar-refractivity contribution in [2.75, 3.05) is 30.4 Å². The fraction of sp³-hybridized carbons (Fsp3) is 0.583. The summed E-state index contributed by atoms with van der Waals surface area (Å²) in [5, 5.41) is 20.1. The van der Waals surface area contributed by atoms with Gasteiger partial charge in [0.2, 0.25) is 5.95 Å². The maximum Gasteiger partial charge on any atom is 0.226 e. The Labute approximate surface area is 111 Å². The maximum atomic E-state index is 9.29. The van der Waals surface area contributed by atoms with Crippen molar-refractivity contribution in [2.45, 2.75) is 25.3 Å². The number of hydrogen-bond acceptors (Lipinski definition) is 6. The van der Waals surface area contributed by atoms with Crippen molar-refractivity contribution in [1.82, 2.24) is 20.2 Å². The first-order valence-corrected chi connectivity index (χ1v) is 6.60. The fourth-order valence-electron chi connectivity index (χ4n) is 2.42. The van der Waals surface area contributed by atoms with Gasteiger partial charge in [-0.3, -0.25) is 5.10 Å². The van der Waals surface area contributed by atoms with Gasteiger partial charge in [-0.1, -0.05) is 0 Å². The van der Waals surface area contributed by atoms with Crippen LogP contribution in [0.4, 0.5) is 11.8 Å². The third-order valence-electron chi connectivity index (χ3n) is 3.64.